The van der Waals surface area contributed by atoms with Crippen LogP contribution in [0.15, 0.2) is 12.1 Å². The Morgan fingerprint density at radius 3 is 1.86 bits per heavy atom. The molecule has 1 rings (SSSR count). The molecule has 0 aliphatic rings. The van der Waals surface area contributed by atoms with Gasteiger partial charge >= 0.3 is 0 Å². The first kappa shape index (κ1) is 10.5. The van der Waals surface area contributed by atoms with Crippen LogP contribution in [0.5, 0.6) is 17.2 Å². The highest BCUT2D eigenvalue weighted by atomic mass is 19.3. The molecule has 4 nitrogen and oxygen atoms in total. The zero-order valence-corrected chi connectivity index (χ0v) is 6.98. The van der Waals surface area contributed by atoms with E-state index < -0.39 is 35.3 Å². The van der Waals surface area contributed by atoms with Gasteiger partial charge in [-0.05, 0) is 0 Å². The van der Waals surface area contributed by atoms with Crippen LogP contribution in [-0.4, -0.2) is 21.7 Å². The van der Waals surface area contributed by atoms with Gasteiger partial charge < -0.3 is 21.1 Å². The van der Waals surface area contributed by atoms with Crippen molar-refractivity contribution < 1.29 is 24.1 Å². The van der Waals surface area contributed by atoms with E-state index in [9.17, 15) is 8.78 Å². The second-order valence-corrected chi connectivity index (χ2v) is 2.76. The van der Waals surface area contributed by atoms with Crippen LogP contribution in [0.2, 0.25) is 0 Å². The topological polar surface area (TPSA) is 86.7 Å². The molecule has 6 heteroatoms. The highest BCUT2D eigenvalue weighted by Crippen LogP contribution is 2.37. The quantitative estimate of drug-likeness (QED) is 0.581. The molecule has 78 valence electrons. The molecule has 14 heavy (non-hydrogen) atoms. The number of hydrogen-bond acceptors (Lipinski definition) is 4. The summed E-state index contributed by atoms with van der Waals surface area (Å²) in [6.07, 6.45) is -2.91. The highest BCUT2D eigenvalue weighted by molar-refractivity contribution is 5.50. The van der Waals surface area contributed by atoms with Crippen molar-refractivity contribution in [2.45, 2.75) is 12.5 Å². The molecule has 0 aliphatic carbocycles. The van der Waals surface area contributed by atoms with Crippen molar-refractivity contribution in [1.82, 2.24) is 0 Å². The lowest BCUT2D eigenvalue weighted by Crippen LogP contribution is -2.19. The van der Waals surface area contributed by atoms with Gasteiger partial charge in [0.2, 0.25) is 0 Å². The van der Waals surface area contributed by atoms with Crippen molar-refractivity contribution in [3.8, 4) is 17.2 Å². The predicted octanol–water partition coefficient (Wildman–Crippen LogP) is 1.07. The van der Waals surface area contributed by atoms with E-state index in [1.54, 1.807) is 0 Å². The Kier molecular flexibility index (Phi) is 2.76. The first-order valence-electron chi connectivity index (χ1n) is 3.72. The minimum atomic E-state index is -2.91. The SMILES string of the molecule is N[C@@H](c1c(O)cc(O)cc1O)C(F)F. The minimum absolute atomic E-state index is 0.426. The maximum Gasteiger partial charge on any atom is 0.257 e. The third kappa shape index (κ3) is 1.85. The largest absolute Gasteiger partial charge is 0.508 e. The summed E-state index contributed by atoms with van der Waals surface area (Å²) in [6.45, 7) is 0. The first-order chi connectivity index (χ1) is 6.43. The summed E-state index contributed by atoms with van der Waals surface area (Å²) in [5, 5.41) is 27.2. The number of alkyl halides is 2. The van der Waals surface area contributed by atoms with Gasteiger partial charge in [0.25, 0.3) is 6.43 Å². The van der Waals surface area contributed by atoms with Crippen LogP contribution < -0.4 is 5.73 Å². The maximum atomic E-state index is 12.2. The second kappa shape index (κ2) is 3.67. The van der Waals surface area contributed by atoms with E-state index in [2.05, 4.69) is 0 Å². The van der Waals surface area contributed by atoms with Gasteiger partial charge in [-0.2, -0.15) is 0 Å². The monoisotopic (exact) mass is 205 g/mol. The molecule has 0 heterocycles. The van der Waals surface area contributed by atoms with Crippen molar-refractivity contribution in [2.75, 3.05) is 0 Å². The van der Waals surface area contributed by atoms with E-state index in [1.165, 1.54) is 0 Å². The van der Waals surface area contributed by atoms with E-state index in [0.717, 1.165) is 12.1 Å². The summed E-state index contributed by atoms with van der Waals surface area (Å²) in [6, 6.07) is -0.121. The third-order valence-electron chi connectivity index (χ3n) is 1.73. The number of benzene rings is 1. The van der Waals surface area contributed by atoms with Crippen LogP contribution in [0.4, 0.5) is 8.78 Å². The van der Waals surface area contributed by atoms with Crippen molar-refractivity contribution in [3.05, 3.63) is 17.7 Å². The van der Waals surface area contributed by atoms with Gasteiger partial charge in [0.15, 0.2) is 0 Å². The first-order valence-corrected chi connectivity index (χ1v) is 3.72. The van der Waals surface area contributed by atoms with Gasteiger partial charge in [0, 0.05) is 12.1 Å². The lowest BCUT2D eigenvalue weighted by molar-refractivity contribution is 0.114. The maximum absolute atomic E-state index is 12.2. The van der Waals surface area contributed by atoms with E-state index in [-0.39, 0.29) is 0 Å². The Labute approximate surface area is 78.2 Å². The molecule has 1 atom stereocenters. The Hall–Kier alpha value is -1.56. The van der Waals surface area contributed by atoms with E-state index >= 15 is 0 Å². The van der Waals surface area contributed by atoms with Crippen LogP contribution >= 0.6 is 0 Å². The van der Waals surface area contributed by atoms with Crippen molar-refractivity contribution >= 4 is 0 Å². The number of halogens is 2. The second-order valence-electron chi connectivity index (χ2n) is 2.76. The van der Waals surface area contributed by atoms with Gasteiger partial charge in [0.1, 0.15) is 17.2 Å². The van der Waals surface area contributed by atoms with Crippen LogP contribution in [0, 0.1) is 0 Å². The molecule has 0 unspecified atom stereocenters. The number of nitrogens with two attached hydrogens (primary N) is 1. The standard InChI is InChI=1S/C8H9F2NO3/c9-8(10)7(11)6-4(13)1-3(12)2-5(6)14/h1-2,7-8,12-14H,11H2/t7-/m0/s1. The van der Waals surface area contributed by atoms with Crippen LogP contribution in [0.25, 0.3) is 0 Å². The zero-order chi connectivity index (χ0) is 10.9. The zero-order valence-electron chi connectivity index (χ0n) is 6.98. The Balaban J connectivity index is 3.20. The summed E-state index contributed by atoms with van der Waals surface area (Å²) >= 11 is 0. The van der Waals surface area contributed by atoms with Crippen molar-refractivity contribution in [1.29, 1.82) is 0 Å². The van der Waals surface area contributed by atoms with E-state index in [4.69, 9.17) is 21.1 Å². The molecule has 0 spiro atoms. The molecule has 0 saturated carbocycles. The van der Waals surface area contributed by atoms with Gasteiger partial charge in [-0.15, -0.1) is 0 Å². The van der Waals surface area contributed by atoms with Crippen LogP contribution in [-0.2, 0) is 0 Å². The molecule has 0 bridgehead atoms. The van der Waals surface area contributed by atoms with Gasteiger partial charge in [-0.3, -0.25) is 0 Å². The summed E-state index contributed by atoms with van der Waals surface area (Å²) in [5.41, 5.74) is 4.56. The van der Waals surface area contributed by atoms with Crippen LogP contribution in [0.1, 0.15) is 11.6 Å². The van der Waals surface area contributed by atoms with Gasteiger partial charge in [-0.1, -0.05) is 0 Å². The fourth-order valence-corrected chi connectivity index (χ4v) is 1.08. The Bertz CT molecular complexity index is 320. The smallest absolute Gasteiger partial charge is 0.257 e. The van der Waals surface area contributed by atoms with E-state index in [1.807, 2.05) is 0 Å². The fraction of sp³-hybridized carbons (Fsp3) is 0.250. The Morgan fingerprint density at radius 1 is 1.07 bits per heavy atom. The normalized spacial score (nSPS) is 13.1. The van der Waals surface area contributed by atoms with Gasteiger partial charge in [-0.25, -0.2) is 8.78 Å². The molecule has 0 aliphatic heterocycles. The molecule has 1 aromatic carbocycles. The average Bonchev–Trinajstić information content (AvgIpc) is 2.01. The predicted molar refractivity (Wildman–Crippen MR) is 44.4 cm³/mol. The van der Waals surface area contributed by atoms with Crippen molar-refractivity contribution in [2.24, 2.45) is 5.73 Å². The fourth-order valence-electron chi connectivity index (χ4n) is 1.08. The number of rotatable bonds is 2. The van der Waals surface area contributed by atoms with Crippen molar-refractivity contribution in [3.63, 3.8) is 0 Å². The lowest BCUT2D eigenvalue weighted by atomic mass is 10.1. The number of phenols is 3. The molecule has 1 aromatic rings. The molecule has 0 amide bonds. The average molecular weight is 205 g/mol. The molecule has 0 aromatic heterocycles. The van der Waals surface area contributed by atoms with Gasteiger partial charge in [0.05, 0.1) is 11.6 Å². The molecule has 0 saturated heterocycles. The number of hydrogen-bond donors (Lipinski definition) is 4. The Morgan fingerprint density at radius 2 is 1.50 bits per heavy atom. The number of aromatic hydroxyl groups is 3. The number of phenolic OH excluding ortho intramolecular Hbond substituents is 3. The molecule has 0 radical (unpaired) electrons. The molecule has 0 fully saturated rings. The molecule has 5 N–H and O–H groups in total. The minimum Gasteiger partial charge on any atom is -0.508 e. The van der Waals surface area contributed by atoms with Crippen LogP contribution in [0.3, 0.4) is 0 Å². The summed E-state index contributed by atoms with van der Waals surface area (Å²) in [7, 11) is 0. The van der Waals surface area contributed by atoms with E-state index in [0.29, 0.717) is 0 Å². The molecular weight excluding hydrogens is 196 g/mol. The third-order valence-corrected chi connectivity index (χ3v) is 1.73. The molecular formula is C8H9F2NO3. The lowest BCUT2D eigenvalue weighted by Gasteiger charge is -2.14. The summed E-state index contributed by atoms with van der Waals surface area (Å²) < 4.78 is 24.3. The highest BCUT2D eigenvalue weighted by Gasteiger charge is 2.24. The summed E-state index contributed by atoms with van der Waals surface area (Å²) in [5.74, 6) is -1.74. The summed E-state index contributed by atoms with van der Waals surface area (Å²) in [4.78, 5) is 0.